The molecule has 0 unspecified atom stereocenters. The summed E-state index contributed by atoms with van der Waals surface area (Å²) in [7, 11) is 0. The van der Waals surface area contributed by atoms with Gasteiger partial charge in [-0.2, -0.15) is 0 Å². The van der Waals surface area contributed by atoms with E-state index in [-0.39, 0.29) is 11.3 Å². The Morgan fingerprint density at radius 3 is 2.32 bits per heavy atom. The topological polar surface area (TPSA) is 62.3 Å². The summed E-state index contributed by atoms with van der Waals surface area (Å²) in [5, 5.41) is 9.24. The summed E-state index contributed by atoms with van der Waals surface area (Å²) >= 11 is 0. The van der Waals surface area contributed by atoms with Gasteiger partial charge in [-0.1, -0.05) is 51.9 Å². The van der Waals surface area contributed by atoms with E-state index >= 15 is 0 Å². The van der Waals surface area contributed by atoms with E-state index in [1.165, 1.54) is 44.6 Å². The van der Waals surface area contributed by atoms with Crippen molar-refractivity contribution in [3.05, 3.63) is 22.5 Å². The highest BCUT2D eigenvalue weighted by molar-refractivity contribution is 5.24. The number of hydrogen-bond donors (Lipinski definition) is 2. The van der Waals surface area contributed by atoms with Crippen molar-refractivity contribution in [2.24, 2.45) is 0 Å². The molecule has 1 aromatic heterocycles. The molecule has 0 saturated carbocycles. The van der Waals surface area contributed by atoms with E-state index in [2.05, 4.69) is 11.9 Å². The normalized spacial score (nSPS) is 10.6. The number of unbranched alkanes of at least 4 members (excludes halogenated alkanes) is 7. The first-order chi connectivity index (χ1) is 9.22. The van der Waals surface area contributed by atoms with Crippen LogP contribution in [0.4, 0.5) is 0 Å². The van der Waals surface area contributed by atoms with E-state index < -0.39 is 0 Å². The molecule has 0 aliphatic heterocycles. The van der Waals surface area contributed by atoms with Gasteiger partial charge >= 0.3 is 0 Å². The molecule has 0 atom stereocenters. The van der Waals surface area contributed by atoms with E-state index in [9.17, 15) is 9.90 Å². The van der Waals surface area contributed by atoms with Crippen molar-refractivity contribution in [1.29, 1.82) is 0 Å². The molecular formula is C15H25NO3. The van der Waals surface area contributed by atoms with Gasteiger partial charge < -0.3 is 9.84 Å². The maximum atomic E-state index is 11.1. The molecule has 19 heavy (non-hydrogen) atoms. The van der Waals surface area contributed by atoms with E-state index in [1.807, 2.05) is 0 Å². The van der Waals surface area contributed by atoms with Crippen molar-refractivity contribution < 1.29 is 9.84 Å². The van der Waals surface area contributed by atoms with Gasteiger partial charge in [0.1, 0.15) is 5.75 Å². The Labute approximate surface area is 114 Å². The number of aromatic nitrogens is 1. The zero-order valence-electron chi connectivity index (χ0n) is 11.8. The molecule has 0 fully saturated rings. The average molecular weight is 267 g/mol. The van der Waals surface area contributed by atoms with Crippen LogP contribution in [0.1, 0.15) is 58.3 Å². The molecule has 0 aliphatic carbocycles. The van der Waals surface area contributed by atoms with Crippen molar-refractivity contribution in [3.8, 4) is 11.6 Å². The fourth-order valence-electron chi connectivity index (χ4n) is 2.00. The number of aromatic hydroxyl groups is 1. The maximum absolute atomic E-state index is 11.1. The Hall–Kier alpha value is -1.45. The number of pyridine rings is 1. The molecular weight excluding hydrogens is 242 g/mol. The first kappa shape index (κ1) is 15.6. The molecule has 2 N–H and O–H groups in total. The first-order valence-electron chi connectivity index (χ1n) is 7.28. The molecule has 0 spiro atoms. The summed E-state index contributed by atoms with van der Waals surface area (Å²) < 4.78 is 5.40. The highest BCUT2D eigenvalue weighted by Crippen LogP contribution is 2.13. The lowest BCUT2D eigenvalue weighted by Gasteiger charge is -2.06. The molecule has 0 aliphatic rings. The molecule has 0 amide bonds. The molecule has 4 heteroatoms. The summed E-state index contributed by atoms with van der Waals surface area (Å²) in [6.07, 6.45) is 9.96. The Kier molecular flexibility index (Phi) is 7.78. The smallest absolute Gasteiger partial charge is 0.254 e. The van der Waals surface area contributed by atoms with Crippen LogP contribution >= 0.6 is 0 Å². The maximum Gasteiger partial charge on any atom is 0.254 e. The number of nitrogens with one attached hydrogen (secondary N) is 1. The van der Waals surface area contributed by atoms with E-state index in [0.717, 1.165) is 18.9 Å². The van der Waals surface area contributed by atoms with Crippen molar-refractivity contribution in [2.75, 3.05) is 6.61 Å². The standard InChI is InChI=1S/C15H25NO3/c1-2-3-4-5-6-7-8-9-10-19-15-12-13(17)11-14(18)16-15/h11-12H,2-10H2,1H3,(H2,16,17,18). The van der Waals surface area contributed by atoms with E-state index in [4.69, 9.17) is 4.74 Å². The van der Waals surface area contributed by atoms with Gasteiger partial charge in [-0.15, -0.1) is 0 Å². The van der Waals surface area contributed by atoms with Gasteiger partial charge in [0.15, 0.2) is 5.88 Å². The summed E-state index contributed by atoms with van der Waals surface area (Å²) in [5.41, 5.74) is -0.342. The minimum atomic E-state index is -0.342. The highest BCUT2D eigenvalue weighted by atomic mass is 16.5. The lowest BCUT2D eigenvalue weighted by Crippen LogP contribution is -2.07. The van der Waals surface area contributed by atoms with Crippen molar-refractivity contribution in [2.45, 2.75) is 58.3 Å². The fraction of sp³-hybridized carbons (Fsp3) is 0.667. The Morgan fingerprint density at radius 2 is 1.68 bits per heavy atom. The number of ether oxygens (including phenoxy) is 1. The van der Waals surface area contributed by atoms with Crippen LogP contribution in [0.5, 0.6) is 11.6 Å². The number of rotatable bonds is 10. The summed E-state index contributed by atoms with van der Waals surface area (Å²) in [5.74, 6) is 0.280. The summed E-state index contributed by atoms with van der Waals surface area (Å²) in [4.78, 5) is 13.6. The Morgan fingerprint density at radius 1 is 1.05 bits per heavy atom. The van der Waals surface area contributed by atoms with Gasteiger partial charge in [0.05, 0.1) is 6.61 Å². The van der Waals surface area contributed by atoms with Crippen LogP contribution in [0.15, 0.2) is 16.9 Å². The Bertz CT molecular complexity index is 401. The summed E-state index contributed by atoms with van der Waals surface area (Å²) in [6.45, 7) is 2.80. The van der Waals surface area contributed by atoms with Crippen LogP contribution in [-0.2, 0) is 0 Å². The number of hydrogen-bond acceptors (Lipinski definition) is 3. The second kappa shape index (κ2) is 9.48. The zero-order chi connectivity index (χ0) is 13.9. The van der Waals surface area contributed by atoms with Gasteiger partial charge in [0.2, 0.25) is 0 Å². The zero-order valence-corrected chi connectivity index (χ0v) is 11.8. The van der Waals surface area contributed by atoms with Crippen LogP contribution in [0, 0.1) is 0 Å². The molecule has 4 nitrogen and oxygen atoms in total. The van der Waals surface area contributed by atoms with Crippen molar-refractivity contribution >= 4 is 0 Å². The minimum absolute atomic E-state index is 0.0605. The van der Waals surface area contributed by atoms with Gasteiger partial charge in [0.25, 0.3) is 5.56 Å². The SMILES string of the molecule is CCCCCCCCCCOc1cc(O)cc(=O)[nH]1. The fourth-order valence-corrected chi connectivity index (χ4v) is 2.00. The second-order valence-corrected chi connectivity index (χ2v) is 4.89. The van der Waals surface area contributed by atoms with Crippen molar-refractivity contribution in [1.82, 2.24) is 4.98 Å². The third kappa shape index (κ3) is 7.54. The van der Waals surface area contributed by atoms with Crippen molar-refractivity contribution in [3.63, 3.8) is 0 Å². The van der Waals surface area contributed by atoms with E-state index in [1.54, 1.807) is 0 Å². The van der Waals surface area contributed by atoms with E-state index in [0.29, 0.717) is 12.5 Å². The summed E-state index contributed by atoms with van der Waals surface area (Å²) in [6, 6.07) is 2.55. The molecule has 1 aromatic rings. The van der Waals surface area contributed by atoms with Crippen LogP contribution in [-0.4, -0.2) is 16.7 Å². The predicted molar refractivity (Wildman–Crippen MR) is 76.8 cm³/mol. The molecule has 1 heterocycles. The monoisotopic (exact) mass is 267 g/mol. The van der Waals surface area contributed by atoms with Gasteiger partial charge in [-0.25, -0.2) is 0 Å². The number of H-pyrrole nitrogens is 1. The number of aromatic amines is 1. The highest BCUT2D eigenvalue weighted by Gasteiger charge is 1.98. The lowest BCUT2D eigenvalue weighted by molar-refractivity contribution is 0.290. The molecule has 1 rings (SSSR count). The molecule has 0 saturated heterocycles. The van der Waals surface area contributed by atoms with Crippen LogP contribution in [0.25, 0.3) is 0 Å². The van der Waals surface area contributed by atoms with Crippen LogP contribution in [0.3, 0.4) is 0 Å². The third-order valence-electron chi connectivity index (χ3n) is 3.06. The second-order valence-electron chi connectivity index (χ2n) is 4.89. The van der Waals surface area contributed by atoms with Gasteiger partial charge in [0, 0.05) is 12.1 Å². The molecule has 0 aromatic carbocycles. The minimum Gasteiger partial charge on any atom is -0.508 e. The lowest BCUT2D eigenvalue weighted by atomic mass is 10.1. The molecule has 0 bridgehead atoms. The third-order valence-corrected chi connectivity index (χ3v) is 3.06. The van der Waals surface area contributed by atoms with Crippen LogP contribution < -0.4 is 10.3 Å². The largest absolute Gasteiger partial charge is 0.508 e. The molecule has 108 valence electrons. The Balaban J connectivity index is 2.03. The van der Waals surface area contributed by atoms with Gasteiger partial charge in [-0.3, -0.25) is 9.78 Å². The average Bonchev–Trinajstić information content (AvgIpc) is 2.36. The molecule has 0 radical (unpaired) electrons. The first-order valence-corrected chi connectivity index (χ1v) is 7.28. The quantitative estimate of drug-likeness (QED) is 0.637. The predicted octanol–water partition coefficient (Wildman–Crippen LogP) is 3.60. The van der Waals surface area contributed by atoms with Crippen LogP contribution in [0.2, 0.25) is 0 Å². The van der Waals surface area contributed by atoms with Gasteiger partial charge in [-0.05, 0) is 6.42 Å².